The highest BCUT2D eigenvalue weighted by Gasteiger charge is 2.17. The Morgan fingerprint density at radius 3 is 2.30 bits per heavy atom. The Morgan fingerprint density at radius 1 is 0.848 bits per heavy atom. The van der Waals surface area contributed by atoms with Gasteiger partial charge in [0.25, 0.3) is 11.8 Å². The minimum atomic E-state index is -0.509. The number of methoxy groups -OCH3 is 2. The summed E-state index contributed by atoms with van der Waals surface area (Å²) in [7, 11) is 5.28. The number of amides is 2. The summed E-state index contributed by atoms with van der Waals surface area (Å²) in [5, 5.41) is 7.01. The number of benzene rings is 3. The third-order valence-electron chi connectivity index (χ3n) is 7.24. The molecule has 3 rings (SSSR count). The highest BCUT2D eigenvalue weighted by molar-refractivity contribution is 6.09. The summed E-state index contributed by atoms with van der Waals surface area (Å²) in [5.41, 5.74) is 5.37. The Morgan fingerprint density at radius 2 is 1.59 bits per heavy atom. The molecule has 0 spiro atoms. The van der Waals surface area contributed by atoms with E-state index < -0.39 is 5.91 Å². The van der Waals surface area contributed by atoms with E-state index in [0.29, 0.717) is 43.4 Å². The fourth-order valence-electron chi connectivity index (χ4n) is 4.54. The molecular weight excluding hydrogens is 586 g/mol. The van der Waals surface area contributed by atoms with Crippen molar-refractivity contribution in [1.29, 1.82) is 0 Å². The van der Waals surface area contributed by atoms with E-state index in [-0.39, 0.29) is 18.1 Å². The van der Waals surface area contributed by atoms with Crippen molar-refractivity contribution in [3.63, 3.8) is 0 Å². The van der Waals surface area contributed by atoms with E-state index >= 15 is 0 Å². The van der Waals surface area contributed by atoms with Crippen molar-refractivity contribution in [3.8, 4) is 11.5 Å². The topological polar surface area (TPSA) is 114 Å². The Kier molecular flexibility index (Phi) is 15.7. The summed E-state index contributed by atoms with van der Waals surface area (Å²) in [6, 6.07) is 19.7. The Hall–Kier alpha value is -4.29. The molecule has 0 aromatic heterocycles. The Labute approximate surface area is 272 Å². The van der Waals surface area contributed by atoms with Gasteiger partial charge in [-0.05, 0) is 85.9 Å². The van der Waals surface area contributed by atoms with Crippen LogP contribution in [0.25, 0.3) is 0 Å². The van der Waals surface area contributed by atoms with Gasteiger partial charge < -0.3 is 34.1 Å². The summed E-state index contributed by atoms with van der Waals surface area (Å²) >= 11 is 0. The van der Waals surface area contributed by atoms with Gasteiger partial charge >= 0.3 is 0 Å². The molecule has 46 heavy (non-hydrogen) atoms. The van der Waals surface area contributed by atoms with E-state index in [9.17, 15) is 9.59 Å². The summed E-state index contributed by atoms with van der Waals surface area (Å²) in [6.45, 7) is 10.6. The zero-order valence-electron chi connectivity index (χ0n) is 27.6. The van der Waals surface area contributed by atoms with Crippen LogP contribution in [-0.2, 0) is 16.0 Å². The predicted molar refractivity (Wildman–Crippen MR) is 181 cm³/mol. The molecule has 2 N–H and O–H groups in total. The number of rotatable bonds is 20. The van der Waals surface area contributed by atoms with Crippen molar-refractivity contribution < 1.29 is 28.5 Å². The quantitative estimate of drug-likeness (QED) is 0.106. The number of ether oxygens (including phenoxy) is 4. The largest absolute Gasteiger partial charge is 0.497 e. The molecule has 0 fully saturated rings. The summed E-state index contributed by atoms with van der Waals surface area (Å²) < 4.78 is 21.4. The van der Waals surface area contributed by atoms with Crippen molar-refractivity contribution >= 4 is 23.7 Å². The zero-order chi connectivity index (χ0) is 33.1. The van der Waals surface area contributed by atoms with Gasteiger partial charge in [0.05, 0.1) is 44.4 Å². The molecule has 0 bridgehead atoms. The van der Waals surface area contributed by atoms with Gasteiger partial charge in [0.1, 0.15) is 18.1 Å². The van der Waals surface area contributed by atoms with Crippen LogP contribution in [0.2, 0.25) is 0 Å². The molecule has 0 saturated carbocycles. The number of carbonyl (C=O) groups excluding carboxylic acids is 2. The van der Waals surface area contributed by atoms with Crippen molar-refractivity contribution in [2.75, 3.05) is 79.2 Å². The fraction of sp³-hybridized carbons (Fsp3) is 0.400. The van der Waals surface area contributed by atoms with Crippen molar-refractivity contribution in [2.45, 2.75) is 20.4 Å². The first kappa shape index (κ1) is 36.2. The molecule has 0 atom stereocenters. The van der Waals surface area contributed by atoms with E-state index in [1.807, 2.05) is 30.3 Å². The number of nitrogens with zero attached hydrogens (tertiary/aromatic N) is 3. The molecule has 0 heterocycles. The molecule has 11 heteroatoms. The lowest BCUT2D eigenvalue weighted by Crippen LogP contribution is -2.32. The molecule has 2 amide bonds. The third kappa shape index (κ3) is 12.2. The summed E-state index contributed by atoms with van der Waals surface area (Å²) in [5.74, 6) is 0.330. The van der Waals surface area contributed by atoms with Gasteiger partial charge in [0.15, 0.2) is 0 Å². The van der Waals surface area contributed by atoms with Crippen LogP contribution >= 0.6 is 0 Å². The van der Waals surface area contributed by atoms with Gasteiger partial charge in [0.2, 0.25) is 0 Å². The smallest absolute Gasteiger partial charge is 0.273 e. The number of hydrogen-bond acceptors (Lipinski definition) is 9. The first-order valence-corrected chi connectivity index (χ1v) is 15.5. The molecule has 0 aliphatic rings. The second kappa shape index (κ2) is 20.0. The van der Waals surface area contributed by atoms with Crippen LogP contribution in [-0.4, -0.2) is 102 Å². The lowest BCUT2D eigenvalue weighted by atomic mass is 10.1. The van der Waals surface area contributed by atoms with E-state index in [1.54, 1.807) is 50.6 Å². The molecular formula is C35H47N5O6. The molecule has 3 aromatic carbocycles. The predicted octanol–water partition coefficient (Wildman–Crippen LogP) is 4.53. The molecule has 0 aliphatic carbocycles. The third-order valence-corrected chi connectivity index (χ3v) is 7.24. The number of nitrogens with one attached hydrogen (secondary N) is 2. The molecule has 11 nitrogen and oxygen atoms in total. The number of carbonyl (C=O) groups is 2. The maximum absolute atomic E-state index is 13.4. The Balaban J connectivity index is 1.72. The van der Waals surface area contributed by atoms with Crippen molar-refractivity contribution in [1.82, 2.24) is 15.2 Å². The van der Waals surface area contributed by atoms with Crippen LogP contribution in [0.3, 0.4) is 0 Å². The number of anilines is 1. The van der Waals surface area contributed by atoms with Crippen LogP contribution in [0.5, 0.6) is 11.5 Å². The first-order chi connectivity index (χ1) is 22.4. The van der Waals surface area contributed by atoms with Gasteiger partial charge in [-0.15, -0.1) is 0 Å². The molecule has 3 aromatic rings. The average molecular weight is 634 g/mol. The first-order valence-electron chi connectivity index (χ1n) is 15.5. The van der Waals surface area contributed by atoms with Gasteiger partial charge in [-0.3, -0.25) is 9.59 Å². The van der Waals surface area contributed by atoms with Gasteiger partial charge in [0, 0.05) is 32.3 Å². The lowest BCUT2D eigenvalue weighted by Gasteiger charge is -2.23. The molecule has 0 saturated heterocycles. The normalized spacial score (nSPS) is 11.3. The minimum Gasteiger partial charge on any atom is -0.497 e. The number of likely N-dealkylation sites (N-methyl/N-ethyl adjacent to an activating group) is 2. The Bertz CT molecular complexity index is 1390. The van der Waals surface area contributed by atoms with Crippen LogP contribution in [0.15, 0.2) is 71.8 Å². The maximum Gasteiger partial charge on any atom is 0.273 e. The molecule has 0 radical (unpaired) electrons. The van der Waals surface area contributed by atoms with E-state index in [0.717, 1.165) is 43.1 Å². The highest BCUT2D eigenvalue weighted by atomic mass is 16.5. The number of hydrogen-bond donors (Lipinski definition) is 2. The molecule has 0 unspecified atom stereocenters. The van der Waals surface area contributed by atoms with Crippen LogP contribution < -0.4 is 20.2 Å². The fourth-order valence-corrected chi connectivity index (χ4v) is 4.54. The monoisotopic (exact) mass is 633 g/mol. The molecule has 0 aliphatic heterocycles. The lowest BCUT2D eigenvalue weighted by molar-refractivity contribution is 0.0544. The summed E-state index contributed by atoms with van der Waals surface area (Å²) in [6.07, 6.45) is 1.53. The van der Waals surface area contributed by atoms with Crippen LogP contribution in [0, 0.1) is 0 Å². The molecule has 248 valence electrons. The maximum atomic E-state index is 13.4. The van der Waals surface area contributed by atoms with Crippen LogP contribution in [0.1, 0.15) is 45.7 Å². The van der Waals surface area contributed by atoms with E-state index in [1.165, 1.54) is 6.21 Å². The SMILES string of the molecule is CCN(CC)CCN(C)Cc1cccc(C(=O)Nc2ccc(OCCOCCOC)cc2C(=O)NN=Cc2ccc(OC)cc2)c1. The van der Waals surface area contributed by atoms with E-state index in [2.05, 4.69) is 46.5 Å². The second-order valence-electron chi connectivity index (χ2n) is 10.6. The van der Waals surface area contributed by atoms with Crippen molar-refractivity contribution in [3.05, 3.63) is 89.0 Å². The second-order valence-corrected chi connectivity index (χ2v) is 10.6. The highest BCUT2D eigenvalue weighted by Crippen LogP contribution is 2.24. The van der Waals surface area contributed by atoms with Gasteiger partial charge in [-0.1, -0.05) is 26.0 Å². The van der Waals surface area contributed by atoms with Crippen molar-refractivity contribution in [2.24, 2.45) is 5.10 Å². The number of hydrazone groups is 1. The summed E-state index contributed by atoms with van der Waals surface area (Å²) in [4.78, 5) is 31.3. The van der Waals surface area contributed by atoms with Gasteiger partial charge in [-0.25, -0.2) is 5.43 Å². The van der Waals surface area contributed by atoms with E-state index in [4.69, 9.17) is 18.9 Å². The zero-order valence-corrected chi connectivity index (χ0v) is 27.6. The van der Waals surface area contributed by atoms with Gasteiger partial charge in [-0.2, -0.15) is 5.10 Å². The standard InChI is InChI=1S/C35H47N5O6/c1-6-40(7-2)18-17-39(3)26-28-9-8-10-29(23-28)34(41)37-33-16-15-31(46-22-21-45-20-19-43-4)24-32(33)35(42)38-36-25-27-11-13-30(44-5)14-12-27/h8-16,23-25H,6-7,17-22,26H2,1-5H3,(H,37,41)(H,38,42). The van der Waals surface area contributed by atoms with Crippen LogP contribution in [0.4, 0.5) is 5.69 Å². The minimum absolute atomic E-state index is 0.199. The average Bonchev–Trinajstić information content (AvgIpc) is 3.07.